The van der Waals surface area contributed by atoms with Crippen molar-refractivity contribution in [1.82, 2.24) is 9.78 Å². The normalized spacial score (nSPS) is 10.4. The predicted octanol–water partition coefficient (Wildman–Crippen LogP) is 4.26. The quantitative estimate of drug-likeness (QED) is 0.449. The molecular weight excluding hydrogens is 238 g/mol. The van der Waals surface area contributed by atoms with E-state index in [2.05, 4.69) is 22.0 Å². The molecule has 0 spiro atoms. The Bertz CT molecular complexity index is 690. The number of aryl methyl sites for hydroxylation is 3. The Hall–Kier alpha value is -2.26. The van der Waals surface area contributed by atoms with Gasteiger partial charge in [-0.15, -0.1) is 0 Å². The van der Waals surface area contributed by atoms with Crippen molar-refractivity contribution in [2.75, 3.05) is 0 Å². The second kappa shape index (κ2) is 4.78. The third kappa shape index (κ3) is 2.20. The molecule has 98 valence electrons. The van der Waals surface area contributed by atoms with Crippen LogP contribution in [0.15, 0.2) is 17.2 Å². The number of hydrogen-bond donors (Lipinski definition) is 0. The van der Waals surface area contributed by atoms with E-state index in [0.29, 0.717) is 5.69 Å². The van der Waals surface area contributed by atoms with E-state index in [4.69, 9.17) is 5.53 Å². The molecule has 2 rings (SSSR count). The molecule has 1 aromatic heterocycles. The number of aromatic nitrogens is 2. The average Bonchev–Trinajstić information content (AvgIpc) is 2.61. The topological polar surface area (TPSA) is 66.6 Å². The van der Waals surface area contributed by atoms with Gasteiger partial charge in [-0.1, -0.05) is 11.2 Å². The molecule has 0 aliphatic rings. The van der Waals surface area contributed by atoms with Crippen molar-refractivity contribution >= 4 is 5.69 Å². The Morgan fingerprint density at radius 3 is 2.37 bits per heavy atom. The van der Waals surface area contributed by atoms with E-state index >= 15 is 0 Å². The Morgan fingerprint density at radius 2 is 1.84 bits per heavy atom. The van der Waals surface area contributed by atoms with Crippen LogP contribution in [0.25, 0.3) is 21.7 Å². The van der Waals surface area contributed by atoms with E-state index in [9.17, 15) is 0 Å². The zero-order valence-corrected chi connectivity index (χ0v) is 11.9. The van der Waals surface area contributed by atoms with Gasteiger partial charge in [0.15, 0.2) is 0 Å². The number of rotatable bonds is 2. The second-order valence-electron chi connectivity index (χ2n) is 4.83. The standard InChI is InChI=1S/C14H17N5/c1-8-6-9(2)13(16-18-15)7-12(8)14-10(3)11(4)19(5)17-14/h6-7H,1-5H3. The highest BCUT2D eigenvalue weighted by molar-refractivity contribution is 5.72. The lowest BCUT2D eigenvalue weighted by molar-refractivity contribution is 0.741. The maximum absolute atomic E-state index is 8.62. The summed E-state index contributed by atoms with van der Waals surface area (Å²) in [4.78, 5) is 2.88. The first-order chi connectivity index (χ1) is 8.95. The highest BCUT2D eigenvalue weighted by Gasteiger charge is 2.14. The van der Waals surface area contributed by atoms with Crippen molar-refractivity contribution in [2.45, 2.75) is 27.7 Å². The predicted molar refractivity (Wildman–Crippen MR) is 76.4 cm³/mol. The first-order valence-corrected chi connectivity index (χ1v) is 6.12. The first kappa shape index (κ1) is 13.2. The lowest BCUT2D eigenvalue weighted by atomic mass is 9.99. The van der Waals surface area contributed by atoms with E-state index in [0.717, 1.165) is 33.6 Å². The average molecular weight is 255 g/mol. The lowest BCUT2D eigenvalue weighted by Crippen LogP contribution is -1.93. The molecule has 0 fully saturated rings. The van der Waals surface area contributed by atoms with Gasteiger partial charge in [-0.25, -0.2) is 0 Å². The number of nitrogens with zero attached hydrogens (tertiary/aromatic N) is 5. The van der Waals surface area contributed by atoms with Crippen molar-refractivity contribution in [3.05, 3.63) is 45.0 Å². The van der Waals surface area contributed by atoms with Crippen LogP contribution in [-0.4, -0.2) is 9.78 Å². The van der Waals surface area contributed by atoms with Crippen LogP contribution in [0.2, 0.25) is 0 Å². The fraction of sp³-hybridized carbons (Fsp3) is 0.357. The van der Waals surface area contributed by atoms with Gasteiger partial charge in [-0.3, -0.25) is 4.68 Å². The minimum atomic E-state index is 0.658. The van der Waals surface area contributed by atoms with Crippen molar-refractivity contribution in [1.29, 1.82) is 0 Å². The summed E-state index contributed by atoms with van der Waals surface area (Å²) in [7, 11) is 1.93. The largest absolute Gasteiger partial charge is 0.272 e. The minimum Gasteiger partial charge on any atom is -0.272 e. The van der Waals surface area contributed by atoms with Gasteiger partial charge in [0.2, 0.25) is 0 Å². The molecule has 0 saturated carbocycles. The van der Waals surface area contributed by atoms with E-state index in [-0.39, 0.29) is 0 Å². The Labute approximate surface area is 112 Å². The Balaban J connectivity index is 2.71. The van der Waals surface area contributed by atoms with Crippen LogP contribution in [0.3, 0.4) is 0 Å². The summed E-state index contributed by atoms with van der Waals surface area (Å²) in [5, 5.41) is 8.29. The van der Waals surface area contributed by atoms with Crippen molar-refractivity contribution in [3.63, 3.8) is 0 Å². The van der Waals surface area contributed by atoms with Crippen LogP contribution in [0, 0.1) is 27.7 Å². The highest BCUT2D eigenvalue weighted by atomic mass is 15.3. The Kier molecular flexibility index (Phi) is 3.32. The van der Waals surface area contributed by atoms with Gasteiger partial charge < -0.3 is 0 Å². The van der Waals surface area contributed by atoms with Crippen LogP contribution in [0.1, 0.15) is 22.4 Å². The summed E-state index contributed by atoms with van der Waals surface area (Å²) in [5.41, 5.74) is 15.7. The maximum atomic E-state index is 8.62. The summed E-state index contributed by atoms with van der Waals surface area (Å²) >= 11 is 0. The molecule has 0 radical (unpaired) electrons. The van der Waals surface area contributed by atoms with Crippen LogP contribution in [0.4, 0.5) is 5.69 Å². The molecule has 0 amide bonds. The number of benzene rings is 1. The molecule has 2 aromatic rings. The van der Waals surface area contributed by atoms with Crippen LogP contribution in [-0.2, 0) is 7.05 Å². The summed E-state index contributed by atoms with van der Waals surface area (Å²) in [6.07, 6.45) is 0. The summed E-state index contributed by atoms with van der Waals surface area (Å²) < 4.78 is 1.87. The maximum Gasteiger partial charge on any atom is 0.0957 e. The van der Waals surface area contributed by atoms with Gasteiger partial charge in [-0.05, 0) is 56.0 Å². The first-order valence-electron chi connectivity index (χ1n) is 6.12. The van der Waals surface area contributed by atoms with E-state index in [1.807, 2.05) is 44.6 Å². The summed E-state index contributed by atoms with van der Waals surface area (Å²) in [5.74, 6) is 0. The third-order valence-corrected chi connectivity index (χ3v) is 3.58. The Morgan fingerprint density at radius 1 is 1.16 bits per heavy atom. The fourth-order valence-electron chi connectivity index (χ4n) is 2.22. The van der Waals surface area contributed by atoms with Crippen LogP contribution in [0.5, 0.6) is 0 Å². The molecule has 0 aliphatic heterocycles. The number of hydrogen-bond acceptors (Lipinski definition) is 2. The SMILES string of the molecule is Cc1cc(C)c(-c2nn(C)c(C)c2C)cc1N=[N+]=[N-]. The molecular formula is C14H17N5. The van der Waals surface area contributed by atoms with Crippen LogP contribution >= 0.6 is 0 Å². The molecule has 0 bridgehead atoms. The zero-order chi connectivity index (χ0) is 14.2. The summed E-state index contributed by atoms with van der Waals surface area (Å²) in [6.45, 7) is 8.09. The van der Waals surface area contributed by atoms with Crippen molar-refractivity contribution < 1.29 is 0 Å². The van der Waals surface area contributed by atoms with Gasteiger partial charge in [0.25, 0.3) is 0 Å². The molecule has 0 aliphatic carbocycles. The second-order valence-corrected chi connectivity index (χ2v) is 4.83. The summed E-state index contributed by atoms with van der Waals surface area (Å²) in [6, 6.07) is 3.95. The lowest BCUT2D eigenvalue weighted by Gasteiger charge is -2.08. The van der Waals surface area contributed by atoms with Gasteiger partial charge in [0.05, 0.1) is 5.69 Å². The zero-order valence-electron chi connectivity index (χ0n) is 11.9. The van der Waals surface area contributed by atoms with Crippen molar-refractivity contribution in [3.8, 4) is 11.3 Å². The van der Waals surface area contributed by atoms with Crippen molar-refractivity contribution in [2.24, 2.45) is 12.2 Å². The molecule has 0 saturated heterocycles. The van der Waals surface area contributed by atoms with E-state index in [1.54, 1.807) is 0 Å². The molecule has 0 unspecified atom stereocenters. The smallest absolute Gasteiger partial charge is 0.0957 e. The molecule has 19 heavy (non-hydrogen) atoms. The molecule has 0 N–H and O–H groups in total. The molecule has 1 heterocycles. The highest BCUT2D eigenvalue weighted by Crippen LogP contribution is 2.32. The molecule has 5 heteroatoms. The van der Waals surface area contributed by atoms with E-state index in [1.165, 1.54) is 0 Å². The van der Waals surface area contributed by atoms with Gasteiger partial charge in [0.1, 0.15) is 0 Å². The molecule has 0 atom stereocenters. The van der Waals surface area contributed by atoms with Gasteiger partial charge in [0, 0.05) is 28.9 Å². The van der Waals surface area contributed by atoms with Gasteiger partial charge in [-0.2, -0.15) is 5.10 Å². The number of azide groups is 1. The third-order valence-electron chi connectivity index (χ3n) is 3.58. The van der Waals surface area contributed by atoms with Crippen LogP contribution < -0.4 is 0 Å². The molecule has 5 nitrogen and oxygen atoms in total. The molecule has 1 aromatic carbocycles. The minimum absolute atomic E-state index is 0.658. The monoisotopic (exact) mass is 255 g/mol. The van der Waals surface area contributed by atoms with E-state index < -0.39 is 0 Å². The fourth-order valence-corrected chi connectivity index (χ4v) is 2.22. The van der Waals surface area contributed by atoms with Gasteiger partial charge >= 0.3 is 0 Å².